The lowest BCUT2D eigenvalue weighted by molar-refractivity contribution is -0.167. The van der Waals surface area contributed by atoms with Crippen molar-refractivity contribution in [3.8, 4) is 0 Å². The lowest BCUT2D eigenvalue weighted by atomic mass is 10.0. The van der Waals surface area contributed by atoms with Crippen LogP contribution in [0, 0.1) is 0 Å². The second kappa shape index (κ2) is 48.5. The van der Waals surface area contributed by atoms with Gasteiger partial charge in [0, 0.05) is 19.3 Å². The Hall–Kier alpha value is -3.15. The summed E-state index contributed by atoms with van der Waals surface area (Å²) in [6.07, 6.45) is 60.2. The molecule has 0 saturated heterocycles. The number of carbonyl (C=O) groups excluding carboxylic acids is 3. The second-order valence-corrected chi connectivity index (χ2v) is 16.3. The number of hydrogen-bond donors (Lipinski definition) is 0. The molecule has 6 nitrogen and oxygen atoms in total. The first kappa shape index (κ1) is 56.9. The Kier molecular flexibility index (Phi) is 46.0. The van der Waals surface area contributed by atoms with Gasteiger partial charge in [-0.25, -0.2) is 0 Å². The van der Waals surface area contributed by atoms with E-state index in [4.69, 9.17) is 14.2 Å². The van der Waals surface area contributed by atoms with Gasteiger partial charge in [0.2, 0.25) is 0 Å². The quantitative estimate of drug-likeness (QED) is 0.0263. The molecule has 0 aliphatic rings. The maximum atomic E-state index is 12.8. The summed E-state index contributed by atoms with van der Waals surface area (Å²) in [6.45, 7) is 6.44. The van der Waals surface area contributed by atoms with Crippen molar-refractivity contribution in [3.05, 3.63) is 72.9 Å². The summed E-state index contributed by atoms with van der Waals surface area (Å²) in [4.78, 5) is 37.9. The van der Waals surface area contributed by atoms with E-state index < -0.39 is 6.10 Å². The molecule has 6 heteroatoms. The highest BCUT2D eigenvalue weighted by atomic mass is 16.6. The van der Waals surface area contributed by atoms with E-state index in [0.29, 0.717) is 19.3 Å². The Morgan fingerprint density at radius 3 is 1.08 bits per heavy atom. The molecule has 0 amide bonds. The van der Waals surface area contributed by atoms with Gasteiger partial charge in [0.1, 0.15) is 13.2 Å². The third kappa shape index (κ3) is 45.9. The minimum Gasteiger partial charge on any atom is -0.462 e. The molecular formula is C54H92O6. The van der Waals surface area contributed by atoms with Gasteiger partial charge < -0.3 is 14.2 Å². The first-order valence-electron chi connectivity index (χ1n) is 24.9. The van der Waals surface area contributed by atoms with E-state index in [1.54, 1.807) is 0 Å². The Morgan fingerprint density at radius 1 is 0.350 bits per heavy atom. The van der Waals surface area contributed by atoms with E-state index in [1.165, 1.54) is 83.5 Å². The normalized spacial score (nSPS) is 12.7. The Balaban J connectivity index is 4.47. The number of rotatable bonds is 44. The molecule has 0 radical (unpaired) electrons. The van der Waals surface area contributed by atoms with Crippen LogP contribution in [0.15, 0.2) is 72.9 Å². The van der Waals surface area contributed by atoms with Crippen LogP contribution < -0.4 is 0 Å². The summed E-state index contributed by atoms with van der Waals surface area (Å²) in [5.41, 5.74) is 0. The first-order chi connectivity index (χ1) is 29.5. The summed E-state index contributed by atoms with van der Waals surface area (Å²) in [7, 11) is 0. The standard InChI is InChI=1S/C54H92O6/c1-4-7-10-13-16-19-22-25-27-29-32-35-38-41-44-47-53(56)59-50-51(49-58-52(55)46-43-40-37-34-31-24-21-18-15-12-9-6-3)60-54(57)48-45-42-39-36-33-30-28-26-23-20-17-14-11-8-5-2/h7,10,16-17,19-20,25-28,32,35,51H,4-6,8-9,11-15,18,21-24,29-31,33-34,36-50H2,1-3H3/b10-7-,19-16-,20-17-,27-25-,28-26-,35-32-/t51-/m0/s1. The van der Waals surface area contributed by atoms with Gasteiger partial charge in [-0.05, 0) is 89.9 Å². The third-order valence-electron chi connectivity index (χ3n) is 10.4. The highest BCUT2D eigenvalue weighted by Gasteiger charge is 2.19. The molecule has 0 fully saturated rings. The van der Waals surface area contributed by atoms with Crippen LogP contribution >= 0.6 is 0 Å². The van der Waals surface area contributed by atoms with Crippen LogP contribution in [0.25, 0.3) is 0 Å². The Morgan fingerprint density at radius 2 is 0.650 bits per heavy atom. The molecule has 0 aromatic carbocycles. The fourth-order valence-corrected chi connectivity index (χ4v) is 6.70. The molecular weight excluding hydrogens is 745 g/mol. The lowest BCUT2D eigenvalue weighted by Gasteiger charge is -2.18. The van der Waals surface area contributed by atoms with Crippen LogP contribution in [-0.4, -0.2) is 37.2 Å². The zero-order chi connectivity index (χ0) is 43.7. The molecule has 0 aliphatic heterocycles. The van der Waals surface area contributed by atoms with Crippen molar-refractivity contribution in [1.29, 1.82) is 0 Å². The van der Waals surface area contributed by atoms with Gasteiger partial charge in [-0.2, -0.15) is 0 Å². The predicted octanol–water partition coefficient (Wildman–Crippen LogP) is 16.3. The molecule has 0 spiro atoms. The fraction of sp³-hybridized carbons (Fsp3) is 0.722. The highest BCUT2D eigenvalue weighted by Crippen LogP contribution is 2.14. The van der Waals surface area contributed by atoms with Gasteiger partial charge in [-0.1, -0.05) is 196 Å². The van der Waals surface area contributed by atoms with Crippen molar-refractivity contribution in [2.75, 3.05) is 13.2 Å². The zero-order valence-corrected chi connectivity index (χ0v) is 39.2. The number of hydrogen-bond acceptors (Lipinski definition) is 6. The van der Waals surface area contributed by atoms with Gasteiger partial charge in [0.05, 0.1) is 0 Å². The molecule has 0 N–H and O–H groups in total. The minimum atomic E-state index is -0.797. The summed E-state index contributed by atoms with van der Waals surface area (Å²) in [5, 5.41) is 0. The van der Waals surface area contributed by atoms with Crippen molar-refractivity contribution in [2.24, 2.45) is 0 Å². The largest absolute Gasteiger partial charge is 0.462 e. The van der Waals surface area contributed by atoms with Crippen molar-refractivity contribution in [2.45, 2.75) is 239 Å². The first-order valence-corrected chi connectivity index (χ1v) is 24.9. The summed E-state index contributed by atoms with van der Waals surface area (Å²) < 4.78 is 16.7. The van der Waals surface area contributed by atoms with Gasteiger partial charge in [0.25, 0.3) is 0 Å². The summed E-state index contributed by atoms with van der Waals surface area (Å²) in [5.74, 6) is -0.951. The van der Waals surface area contributed by atoms with E-state index in [1.807, 2.05) is 0 Å². The van der Waals surface area contributed by atoms with Gasteiger partial charge in [-0.3, -0.25) is 14.4 Å². The van der Waals surface area contributed by atoms with E-state index in [2.05, 4.69) is 93.7 Å². The van der Waals surface area contributed by atoms with Crippen molar-refractivity contribution in [3.63, 3.8) is 0 Å². The number of ether oxygens (including phenoxy) is 3. The topological polar surface area (TPSA) is 78.9 Å². The molecule has 60 heavy (non-hydrogen) atoms. The van der Waals surface area contributed by atoms with Crippen LogP contribution in [0.4, 0.5) is 0 Å². The average molecular weight is 837 g/mol. The molecule has 1 atom stereocenters. The average Bonchev–Trinajstić information content (AvgIpc) is 3.24. The Labute approximate surface area is 370 Å². The monoisotopic (exact) mass is 837 g/mol. The molecule has 0 aromatic rings. The third-order valence-corrected chi connectivity index (χ3v) is 10.4. The van der Waals surface area contributed by atoms with Crippen molar-refractivity contribution < 1.29 is 28.6 Å². The van der Waals surface area contributed by atoms with Crippen LogP contribution in [0.2, 0.25) is 0 Å². The molecule has 0 rings (SSSR count). The minimum absolute atomic E-state index is 0.0931. The fourth-order valence-electron chi connectivity index (χ4n) is 6.70. The van der Waals surface area contributed by atoms with E-state index in [-0.39, 0.29) is 31.1 Å². The highest BCUT2D eigenvalue weighted by molar-refractivity contribution is 5.71. The van der Waals surface area contributed by atoms with Crippen LogP contribution in [0.3, 0.4) is 0 Å². The van der Waals surface area contributed by atoms with E-state index in [0.717, 1.165) is 109 Å². The summed E-state index contributed by atoms with van der Waals surface area (Å²) in [6, 6.07) is 0. The molecule has 0 bridgehead atoms. The van der Waals surface area contributed by atoms with Crippen molar-refractivity contribution in [1.82, 2.24) is 0 Å². The Bertz CT molecular complexity index is 1140. The molecule has 0 aromatic heterocycles. The number of carbonyl (C=O) groups is 3. The van der Waals surface area contributed by atoms with E-state index in [9.17, 15) is 14.4 Å². The molecule has 0 aliphatic carbocycles. The van der Waals surface area contributed by atoms with Crippen molar-refractivity contribution >= 4 is 17.9 Å². The number of allylic oxidation sites excluding steroid dienone is 12. The SMILES string of the molecule is CC/C=C\C/C=C\C/C=C\C/C=C\CCCCC(=O)OC[C@H](COC(=O)CCCCCCCCCCCCCC)OC(=O)CCCCCCC/C=C\C/C=C\CCCCC. The molecule has 0 unspecified atom stereocenters. The number of esters is 3. The molecule has 344 valence electrons. The van der Waals surface area contributed by atoms with Gasteiger partial charge in [-0.15, -0.1) is 0 Å². The maximum absolute atomic E-state index is 12.8. The number of unbranched alkanes of at least 4 members (excludes halogenated alkanes) is 21. The smallest absolute Gasteiger partial charge is 0.306 e. The lowest BCUT2D eigenvalue weighted by Crippen LogP contribution is -2.30. The molecule has 0 heterocycles. The van der Waals surface area contributed by atoms with E-state index >= 15 is 0 Å². The maximum Gasteiger partial charge on any atom is 0.306 e. The zero-order valence-electron chi connectivity index (χ0n) is 39.2. The van der Waals surface area contributed by atoms with Gasteiger partial charge >= 0.3 is 17.9 Å². The van der Waals surface area contributed by atoms with Crippen LogP contribution in [0.5, 0.6) is 0 Å². The van der Waals surface area contributed by atoms with Crippen LogP contribution in [0.1, 0.15) is 233 Å². The second-order valence-electron chi connectivity index (χ2n) is 16.3. The molecule has 0 saturated carbocycles. The van der Waals surface area contributed by atoms with Crippen LogP contribution in [-0.2, 0) is 28.6 Å². The predicted molar refractivity (Wildman–Crippen MR) is 256 cm³/mol. The van der Waals surface area contributed by atoms with Gasteiger partial charge in [0.15, 0.2) is 6.10 Å². The summed E-state index contributed by atoms with van der Waals surface area (Å²) >= 11 is 0.